The number of thiazole rings is 1. The average Bonchev–Trinajstić information content (AvgIpc) is 2.48. The minimum atomic E-state index is 1.12. The van der Waals surface area contributed by atoms with Gasteiger partial charge in [0.05, 0.1) is 5.01 Å². The molecule has 0 N–H and O–H groups in total. The predicted octanol–water partition coefficient (Wildman–Crippen LogP) is 2.68. The Bertz CT molecular complexity index is 241. The lowest BCUT2D eigenvalue weighted by atomic mass is 10.2. The molecule has 2 heterocycles. The molecule has 1 aliphatic rings. The van der Waals surface area contributed by atoms with E-state index in [1.807, 2.05) is 31.4 Å². The zero-order valence-electron chi connectivity index (χ0n) is 8.71. The highest BCUT2D eigenvalue weighted by atomic mass is 32.1. The van der Waals surface area contributed by atoms with E-state index in [4.69, 9.17) is 0 Å². The maximum atomic E-state index is 4.22. The Balaban J connectivity index is 0.000000396. The molecule has 1 fully saturated rings. The molecule has 0 saturated carbocycles. The summed E-state index contributed by atoms with van der Waals surface area (Å²) in [6.07, 6.45) is 3.37. The first-order valence-electron chi connectivity index (χ1n) is 4.98. The number of likely N-dealkylation sites (tertiary alicyclic amines) is 1. The third kappa shape index (κ3) is 3.08. The van der Waals surface area contributed by atoms with Crippen LogP contribution in [-0.4, -0.2) is 23.0 Å². The first-order chi connectivity index (χ1) is 6.34. The van der Waals surface area contributed by atoms with Crippen LogP contribution in [0.15, 0.2) is 6.20 Å². The van der Waals surface area contributed by atoms with Crippen LogP contribution in [0.4, 0.5) is 0 Å². The van der Waals surface area contributed by atoms with Crippen LogP contribution >= 0.6 is 11.3 Å². The molecule has 3 heteroatoms. The molecule has 0 spiro atoms. The number of hydrogen-bond acceptors (Lipinski definition) is 3. The highest BCUT2D eigenvalue weighted by Gasteiger charge is 2.14. The van der Waals surface area contributed by atoms with Gasteiger partial charge in [0.15, 0.2) is 0 Å². The van der Waals surface area contributed by atoms with Gasteiger partial charge in [-0.25, -0.2) is 4.98 Å². The normalized spacial score (nSPS) is 15.9. The van der Waals surface area contributed by atoms with E-state index >= 15 is 0 Å². The molecular weight excluding hydrogens is 180 g/mol. The maximum Gasteiger partial charge on any atom is 0.0897 e. The summed E-state index contributed by atoms with van der Waals surface area (Å²) >= 11 is 1.81. The molecule has 13 heavy (non-hydrogen) atoms. The second-order valence-electron chi connectivity index (χ2n) is 2.98. The molecule has 0 unspecified atom stereocenters. The predicted molar refractivity (Wildman–Crippen MR) is 58.1 cm³/mol. The number of aryl methyl sites for hydroxylation is 1. The fourth-order valence-electron chi connectivity index (χ4n) is 1.24. The zero-order chi connectivity index (χ0) is 9.68. The lowest BCUT2D eigenvalue weighted by Crippen LogP contribution is -2.35. The molecule has 1 aliphatic heterocycles. The summed E-state index contributed by atoms with van der Waals surface area (Å²) in [5.74, 6) is 0. The van der Waals surface area contributed by atoms with Gasteiger partial charge >= 0.3 is 0 Å². The van der Waals surface area contributed by atoms with E-state index < -0.39 is 0 Å². The maximum absolute atomic E-state index is 4.22. The van der Waals surface area contributed by atoms with Crippen molar-refractivity contribution in [3.63, 3.8) is 0 Å². The summed E-state index contributed by atoms with van der Waals surface area (Å²) in [7, 11) is 0. The molecule has 0 amide bonds. The largest absolute Gasteiger partial charge is 0.298 e. The fraction of sp³-hybridized carbons (Fsp3) is 0.700. The molecule has 2 nitrogen and oxygen atoms in total. The molecule has 1 aromatic heterocycles. The molecule has 0 atom stereocenters. The summed E-state index contributed by atoms with van der Waals surface area (Å²) in [6, 6.07) is 0. The second-order valence-corrected chi connectivity index (χ2v) is 4.29. The quantitative estimate of drug-likeness (QED) is 0.726. The van der Waals surface area contributed by atoms with Crippen LogP contribution in [-0.2, 0) is 6.54 Å². The van der Waals surface area contributed by atoms with E-state index in [0.29, 0.717) is 0 Å². The minimum absolute atomic E-state index is 1.12. The van der Waals surface area contributed by atoms with E-state index in [1.54, 1.807) is 0 Å². The van der Waals surface area contributed by atoms with Crippen molar-refractivity contribution in [1.82, 2.24) is 9.88 Å². The van der Waals surface area contributed by atoms with E-state index in [0.717, 1.165) is 6.54 Å². The number of hydrogen-bond donors (Lipinski definition) is 0. The number of rotatable bonds is 2. The Morgan fingerprint density at radius 1 is 1.46 bits per heavy atom. The van der Waals surface area contributed by atoms with Gasteiger partial charge in [-0.15, -0.1) is 11.3 Å². The first kappa shape index (κ1) is 10.7. The number of nitrogens with zero attached hydrogens (tertiary/aromatic N) is 2. The summed E-state index contributed by atoms with van der Waals surface area (Å²) in [6.45, 7) is 9.73. The Morgan fingerprint density at radius 2 is 2.15 bits per heavy atom. The molecule has 0 bridgehead atoms. The van der Waals surface area contributed by atoms with Gasteiger partial charge in [-0.05, 0) is 26.4 Å². The topological polar surface area (TPSA) is 16.1 Å². The summed E-state index contributed by atoms with van der Waals surface area (Å²) in [5, 5.41) is 1.18. The van der Waals surface area contributed by atoms with Crippen molar-refractivity contribution in [2.45, 2.75) is 33.7 Å². The summed E-state index contributed by atoms with van der Waals surface area (Å²) in [5.41, 5.74) is 0. The van der Waals surface area contributed by atoms with Gasteiger partial charge in [0.2, 0.25) is 0 Å². The van der Waals surface area contributed by atoms with Crippen LogP contribution in [0.5, 0.6) is 0 Å². The average molecular weight is 198 g/mol. The van der Waals surface area contributed by atoms with Gasteiger partial charge in [-0.2, -0.15) is 0 Å². The summed E-state index contributed by atoms with van der Waals surface area (Å²) < 4.78 is 0. The van der Waals surface area contributed by atoms with Crippen molar-refractivity contribution in [1.29, 1.82) is 0 Å². The highest BCUT2D eigenvalue weighted by Crippen LogP contribution is 2.17. The summed E-state index contributed by atoms with van der Waals surface area (Å²) in [4.78, 5) is 8.08. The van der Waals surface area contributed by atoms with Crippen molar-refractivity contribution >= 4 is 11.3 Å². The first-order valence-corrected chi connectivity index (χ1v) is 5.80. The Kier molecular flexibility index (Phi) is 4.39. The van der Waals surface area contributed by atoms with E-state index in [1.165, 1.54) is 29.4 Å². The van der Waals surface area contributed by atoms with E-state index in [9.17, 15) is 0 Å². The smallest absolute Gasteiger partial charge is 0.0897 e. The van der Waals surface area contributed by atoms with Crippen molar-refractivity contribution < 1.29 is 0 Å². The zero-order valence-corrected chi connectivity index (χ0v) is 9.52. The lowest BCUT2D eigenvalue weighted by Gasteiger charge is -2.29. The highest BCUT2D eigenvalue weighted by molar-refractivity contribution is 7.11. The van der Waals surface area contributed by atoms with Gasteiger partial charge < -0.3 is 0 Å². The van der Waals surface area contributed by atoms with Crippen LogP contribution < -0.4 is 0 Å². The van der Waals surface area contributed by atoms with Crippen LogP contribution in [0.3, 0.4) is 0 Å². The van der Waals surface area contributed by atoms with Crippen molar-refractivity contribution in [3.8, 4) is 0 Å². The van der Waals surface area contributed by atoms with Gasteiger partial charge in [-0.1, -0.05) is 13.8 Å². The van der Waals surface area contributed by atoms with Crippen LogP contribution in [0, 0.1) is 6.92 Å². The molecule has 1 aromatic rings. The SMILES string of the molecule is CC.Cc1ncc(CN2CCC2)s1. The Hall–Kier alpha value is -0.410. The molecule has 0 aromatic carbocycles. The minimum Gasteiger partial charge on any atom is -0.298 e. The molecule has 0 radical (unpaired) electrons. The molecule has 0 aliphatic carbocycles. The van der Waals surface area contributed by atoms with Gasteiger partial charge in [0.25, 0.3) is 0 Å². The van der Waals surface area contributed by atoms with Crippen molar-refractivity contribution in [2.24, 2.45) is 0 Å². The lowest BCUT2D eigenvalue weighted by molar-refractivity contribution is 0.174. The van der Waals surface area contributed by atoms with Gasteiger partial charge in [-0.3, -0.25) is 4.90 Å². The van der Waals surface area contributed by atoms with E-state index in [-0.39, 0.29) is 0 Å². The molecule has 2 rings (SSSR count). The van der Waals surface area contributed by atoms with Crippen LogP contribution in [0.2, 0.25) is 0 Å². The van der Waals surface area contributed by atoms with Gasteiger partial charge in [0.1, 0.15) is 0 Å². The second kappa shape index (κ2) is 5.35. The third-order valence-corrected chi connectivity index (χ3v) is 2.89. The van der Waals surface area contributed by atoms with E-state index in [2.05, 4.69) is 16.8 Å². The van der Waals surface area contributed by atoms with Crippen LogP contribution in [0.25, 0.3) is 0 Å². The monoisotopic (exact) mass is 198 g/mol. The molecule has 74 valence electrons. The molecule has 1 saturated heterocycles. The standard InChI is InChI=1S/C8H12N2S.C2H6/c1-7-9-5-8(11-7)6-10-3-2-4-10;1-2/h5H,2-4,6H2,1H3;1-2H3. The Labute approximate surface area is 84.6 Å². The van der Waals surface area contributed by atoms with Crippen LogP contribution in [0.1, 0.15) is 30.2 Å². The van der Waals surface area contributed by atoms with Gasteiger partial charge in [0, 0.05) is 17.6 Å². The fourth-order valence-corrected chi connectivity index (χ4v) is 2.08. The number of aromatic nitrogens is 1. The van der Waals surface area contributed by atoms with Crippen molar-refractivity contribution in [3.05, 3.63) is 16.1 Å². The molecular formula is C10H18N2S. The van der Waals surface area contributed by atoms with Crippen molar-refractivity contribution in [2.75, 3.05) is 13.1 Å². The third-order valence-electron chi connectivity index (χ3n) is 2.00. The Morgan fingerprint density at radius 3 is 2.54 bits per heavy atom.